The van der Waals surface area contributed by atoms with Crippen LogP contribution >= 0.6 is 0 Å². The Morgan fingerprint density at radius 3 is 2.39 bits per heavy atom. The monoisotopic (exact) mass is 481 g/mol. The number of hydrogen-bond donors (Lipinski definition) is 2. The van der Waals surface area contributed by atoms with Crippen molar-refractivity contribution in [1.29, 1.82) is 0 Å². The molecule has 1 aliphatic carbocycles. The smallest absolute Gasteiger partial charge is 0.225 e. The van der Waals surface area contributed by atoms with Crippen molar-refractivity contribution in [2.24, 2.45) is 5.92 Å². The molecule has 0 radical (unpaired) electrons. The first-order valence-corrected chi connectivity index (χ1v) is 12.9. The Hall–Kier alpha value is -3.64. The molecule has 2 N–H and O–H groups in total. The highest BCUT2D eigenvalue weighted by Gasteiger charge is 2.21. The van der Waals surface area contributed by atoms with Gasteiger partial charge in [0.1, 0.15) is 17.3 Å². The van der Waals surface area contributed by atoms with Gasteiger partial charge in [-0.2, -0.15) is 4.98 Å². The number of aromatic nitrogens is 2. The molecule has 0 spiro atoms. The molecule has 0 atom stereocenters. The molecule has 0 amide bonds. The predicted molar refractivity (Wildman–Crippen MR) is 148 cm³/mol. The van der Waals surface area contributed by atoms with Gasteiger partial charge in [0.05, 0.1) is 5.52 Å². The van der Waals surface area contributed by atoms with E-state index in [2.05, 4.69) is 45.9 Å². The molecule has 4 aromatic rings. The molecule has 1 aliphatic rings. The second-order valence-corrected chi connectivity index (χ2v) is 9.82. The number of hydrogen-bond acceptors (Lipinski definition) is 6. The van der Waals surface area contributed by atoms with Gasteiger partial charge < -0.3 is 20.3 Å². The van der Waals surface area contributed by atoms with Crippen molar-refractivity contribution in [1.82, 2.24) is 15.3 Å². The fourth-order valence-corrected chi connectivity index (χ4v) is 4.89. The van der Waals surface area contributed by atoms with Crippen LogP contribution in [0.15, 0.2) is 78.9 Å². The number of fused-ring (bicyclic) bond motifs is 1. The quantitative estimate of drug-likeness (QED) is 0.295. The third-order valence-corrected chi connectivity index (χ3v) is 6.87. The Bertz CT molecular complexity index is 1270. The largest absolute Gasteiger partial charge is 0.457 e. The van der Waals surface area contributed by atoms with Crippen LogP contribution in [0.25, 0.3) is 10.9 Å². The molecule has 6 nitrogen and oxygen atoms in total. The SMILES string of the molecule is CN(C)c1nc(NCC2CCC(NCc3cccc(Oc4ccccc4)c3)CC2)nc2ccccc12. The van der Waals surface area contributed by atoms with Crippen LogP contribution in [0.2, 0.25) is 0 Å². The molecule has 5 rings (SSSR count). The maximum absolute atomic E-state index is 5.98. The van der Waals surface area contributed by atoms with E-state index in [9.17, 15) is 0 Å². The number of nitrogens with one attached hydrogen (secondary N) is 2. The summed E-state index contributed by atoms with van der Waals surface area (Å²) in [6.07, 6.45) is 4.79. The van der Waals surface area contributed by atoms with Crippen LogP contribution in [0.5, 0.6) is 11.5 Å². The Morgan fingerprint density at radius 2 is 1.58 bits per heavy atom. The summed E-state index contributed by atoms with van der Waals surface area (Å²) in [5.74, 6) is 4.05. The van der Waals surface area contributed by atoms with Crippen molar-refractivity contribution in [3.05, 3.63) is 84.4 Å². The molecule has 0 unspecified atom stereocenters. The van der Waals surface area contributed by atoms with Gasteiger partial charge in [0.15, 0.2) is 0 Å². The topological polar surface area (TPSA) is 62.3 Å². The van der Waals surface area contributed by atoms with Crippen LogP contribution < -0.4 is 20.3 Å². The Labute approximate surface area is 213 Å². The summed E-state index contributed by atoms with van der Waals surface area (Å²) in [7, 11) is 4.05. The minimum Gasteiger partial charge on any atom is -0.457 e. The zero-order chi connectivity index (χ0) is 24.7. The molecule has 1 aromatic heterocycles. The molecule has 0 saturated heterocycles. The number of ether oxygens (including phenoxy) is 1. The average Bonchev–Trinajstić information content (AvgIpc) is 2.91. The van der Waals surface area contributed by atoms with Crippen LogP contribution in [0.4, 0.5) is 11.8 Å². The maximum atomic E-state index is 5.98. The lowest BCUT2D eigenvalue weighted by atomic mass is 9.86. The van der Waals surface area contributed by atoms with Crippen molar-refractivity contribution in [2.75, 3.05) is 30.9 Å². The highest BCUT2D eigenvalue weighted by Crippen LogP contribution is 2.27. The fraction of sp³-hybridized carbons (Fsp3) is 0.333. The zero-order valence-electron chi connectivity index (χ0n) is 21.2. The lowest BCUT2D eigenvalue weighted by Crippen LogP contribution is -2.34. The van der Waals surface area contributed by atoms with Gasteiger partial charge in [-0.3, -0.25) is 0 Å². The summed E-state index contributed by atoms with van der Waals surface area (Å²) >= 11 is 0. The summed E-state index contributed by atoms with van der Waals surface area (Å²) < 4.78 is 5.98. The first-order chi connectivity index (χ1) is 17.6. The molecular weight excluding hydrogens is 446 g/mol. The van der Waals surface area contributed by atoms with Gasteiger partial charge in [0.2, 0.25) is 5.95 Å². The van der Waals surface area contributed by atoms with Gasteiger partial charge in [-0.15, -0.1) is 0 Å². The normalized spacial score (nSPS) is 17.6. The Balaban J connectivity index is 1.09. The van der Waals surface area contributed by atoms with E-state index in [0.717, 1.165) is 47.3 Å². The summed E-state index contributed by atoms with van der Waals surface area (Å²) in [6.45, 7) is 1.77. The van der Waals surface area contributed by atoms with Crippen molar-refractivity contribution in [3.8, 4) is 11.5 Å². The molecule has 1 fully saturated rings. The van der Waals surface area contributed by atoms with E-state index in [0.29, 0.717) is 12.0 Å². The molecule has 36 heavy (non-hydrogen) atoms. The number of anilines is 2. The standard InChI is InChI=1S/C30H35N5O/c1-35(2)29-27-13-6-7-14-28(27)33-30(34-29)32-20-22-15-17-24(18-16-22)31-21-23-9-8-12-26(19-23)36-25-10-4-3-5-11-25/h3-14,19,22,24,31H,15-18,20-21H2,1-2H3,(H,32,33,34). The van der Waals surface area contributed by atoms with Crippen LogP contribution in [-0.2, 0) is 6.54 Å². The lowest BCUT2D eigenvalue weighted by Gasteiger charge is -2.29. The number of nitrogens with zero attached hydrogens (tertiary/aromatic N) is 3. The molecule has 186 valence electrons. The van der Waals surface area contributed by atoms with E-state index >= 15 is 0 Å². The molecule has 0 aliphatic heterocycles. The molecule has 6 heteroatoms. The van der Waals surface area contributed by atoms with Crippen LogP contribution in [0.3, 0.4) is 0 Å². The Kier molecular flexibility index (Phi) is 7.62. The number of para-hydroxylation sites is 2. The van der Waals surface area contributed by atoms with Crippen molar-refractivity contribution >= 4 is 22.7 Å². The van der Waals surface area contributed by atoms with Crippen molar-refractivity contribution in [3.63, 3.8) is 0 Å². The van der Waals surface area contributed by atoms with E-state index in [-0.39, 0.29) is 0 Å². The predicted octanol–water partition coefficient (Wildman–Crippen LogP) is 6.25. The Morgan fingerprint density at radius 1 is 0.833 bits per heavy atom. The van der Waals surface area contributed by atoms with Crippen LogP contribution in [-0.4, -0.2) is 36.6 Å². The second kappa shape index (κ2) is 11.4. The maximum Gasteiger partial charge on any atom is 0.225 e. The summed E-state index contributed by atoms with van der Waals surface area (Å²) in [5, 5.41) is 8.35. The summed E-state index contributed by atoms with van der Waals surface area (Å²) in [6, 6.07) is 27.0. The van der Waals surface area contributed by atoms with E-state index in [4.69, 9.17) is 14.7 Å². The van der Waals surface area contributed by atoms with Crippen LogP contribution in [0, 0.1) is 5.92 Å². The first-order valence-electron chi connectivity index (χ1n) is 12.9. The van der Waals surface area contributed by atoms with Gasteiger partial charge in [-0.1, -0.05) is 42.5 Å². The minimum absolute atomic E-state index is 0.553. The van der Waals surface area contributed by atoms with Gasteiger partial charge in [-0.05, 0) is 73.6 Å². The number of rotatable bonds is 9. The first kappa shape index (κ1) is 24.1. The average molecular weight is 482 g/mol. The van der Waals surface area contributed by atoms with Gasteiger partial charge in [0.25, 0.3) is 0 Å². The minimum atomic E-state index is 0.553. The summed E-state index contributed by atoms with van der Waals surface area (Å²) in [5.41, 5.74) is 2.22. The highest BCUT2D eigenvalue weighted by atomic mass is 16.5. The van der Waals surface area contributed by atoms with E-state index in [1.807, 2.05) is 62.6 Å². The molecule has 1 heterocycles. The van der Waals surface area contributed by atoms with Crippen molar-refractivity contribution in [2.45, 2.75) is 38.3 Å². The van der Waals surface area contributed by atoms with Gasteiger partial charge in [-0.25, -0.2) is 4.98 Å². The second-order valence-electron chi connectivity index (χ2n) is 9.82. The third kappa shape index (κ3) is 6.13. The molecule has 3 aromatic carbocycles. The van der Waals surface area contributed by atoms with E-state index in [1.165, 1.54) is 31.2 Å². The fourth-order valence-electron chi connectivity index (χ4n) is 4.89. The van der Waals surface area contributed by atoms with Gasteiger partial charge in [0, 0.05) is 38.6 Å². The van der Waals surface area contributed by atoms with E-state index in [1.54, 1.807) is 0 Å². The molecular formula is C30H35N5O. The highest BCUT2D eigenvalue weighted by molar-refractivity contribution is 5.90. The lowest BCUT2D eigenvalue weighted by molar-refractivity contribution is 0.300. The molecule has 1 saturated carbocycles. The summed E-state index contributed by atoms with van der Waals surface area (Å²) in [4.78, 5) is 11.6. The zero-order valence-corrected chi connectivity index (χ0v) is 21.2. The van der Waals surface area contributed by atoms with Crippen molar-refractivity contribution < 1.29 is 4.74 Å². The number of benzene rings is 3. The van der Waals surface area contributed by atoms with E-state index < -0.39 is 0 Å². The van der Waals surface area contributed by atoms with Gasteiger partial charge >= 0.3 is 0 Å². The van der Waals surface area contributed by atoms with Crippen LogP contribution in [0.1, 0.15) is 31.2 Å². The molecule has 0 bridgehead atoms. The third-order valence-electron chi connectivity index (χ3n) is 6.87.